The molecular weight excluding hydrogens is 257 g/mol. The number of ether oxygens (including phenoxy) is 2. The second-order valence-electron chi connectivity index (χ2n) is 3.25. The summed E-state index contributed by atoms with van der Waals surface area (Å²) >= 11 is 0.918. The third-order valence-corrected chi connectivity index (χ3v) is 4.66. The Bertz CT molecular complexity index is 478. The predicted octanol–water partition coefficient (Wildman–Crippen LogP) is 0.565. The molecule has 1 saturated heterocycles. The largest absolute Gasteiger partial charge is 0.341 e. The Kier molecular flexibility index (Phi) is 3.01. The molecule has 0 unspecified atom stereocenters. The number of primary sulfonamides is 1. The van der Waals surface area contributed by atoms with Crippen molar-refractivity contribution in [2.75, 3.05) is 19.9 Å². The number of rotatable bonds is 3. The second kappa shape index (κ2) is 4.04. The lowest BCUT2D eigenvalue weighted by Crippen LogP contribution is -2.31. The van der Waals surface area contributed by atoms with Crippen molar-refractivity contribution in [1.29, 1.82) is 0 Å². The Labute approximate surface area is 96.0 Å². The first-order valence-electron chi connectivity index (χ1n) is 4.44. The second-order valence-corrected chi connectivity index (χ2v) is 5.92. The van der Waals surface area contributed by atoms with Gasteiger partial charge in [-0.15, -0.1) is 11.3 Å². The van der Waals surface area contributed by atoms with E-state index in [1.165, 1.54) is 11.4 Å². The Balaban J connectivity index is 2.52. The molecule has 0 amide bonds. The summed E-state index contributed by atoms with van der Waals surface area (Å²) in [5.41, 5.74) is 0.139. The van der Waals surface area contributed by atoms with Crippen LogP contribution in [0.5, 0.6) is 0 Å². The van der Waals surface area contributed by atoms with Gasteiger partial charge in [0.05, 0.1) is 13.2 Å². The van der Waals surface area contributed by atoms with Crippen LogP contribution < -0.4 is 5.14 Å². The highest BCUT2D eigenvalue weighted by Crippen LogP contribution is 2.38. The minimum absolute atomic E-state index is 0.118. The summed E-state index contributed by atoms with van der Waals surface area (Å²) in [6.07, 6.45) is 0. The summed E-state index contributed by atoms with van der Waals surface area (Å²) in [7, 11) is -3.88. The van der Waals surface area contributed by atoms with E-state index >= 15 is 0 Å². The van der Waals surface area contributed by atoms with Gasteiger partial charge in [0.2, 0.25) is 15.8 Å². The molecule has 1 aromatic rings. The Morgan fingerprint density at radius 3 is 2.62 bits per heavy atom. The van der Waals surface area contributed by atoms with Crippen molar-refractivity contribution in [2.45, 2.75) is 10.00 Å². The highest BCUT2D eigenvalue weighted by molar-refractivity contribution is 7.91. The first kappa shape index (κ1) is 11.9. The maximum atomic E-state index is 13.0. The van der Waals surface area contributed by atoms with E-state index in [4.69, 9.17) is 14.6 Å². The third kappa shape index (κ3) is 1.87. The van der Waals surface area contributed by atoms with Crippen LogP contribution in [0.4, 0.5) is 4.39 Å². The van der Waals surface area contributed by atoms with Crippen LogP contribution in [0, 0.1) is 0 Å². The number of sulfonamides is 1. The number of thiophene rings is 1. The number of hydrogen-bond acceptors (Lipinski definition) is 5. The van der Waals surface area contributed by atoms with Gasteiger partial charge in [-0.1, -0.05) is 0 Å². The zero-order valence-electron chi connectivity index (χ0n) is 8.18. The fourth-order valence-electron chi connectivity index (χ4n) is 1.56. The van der Waals surface area contributed by atoms with Gasteiger partial charge < -0.3 is 9.47 Å². The SMILES string of the molecule is NS(=O)(=O)c1sccc1C1(CF)OCCO1. The highest BCUT2D eigenvalue weighted by atomic mass is 32.2. The van der Waals surface area contributed by atoms with Gasteiger partial charge in [0.25, 0.3) is 0 Å². The number of alkyl halides is 1. The van der Waals surface area contributed by atoms with E-state index in [0.29, 0.717) is 0 Å². The van der Waals surface area contributed by atoms with E-state index in [1.54, 1.807) is 0 Å². The van der Waals surface area contributed by atoms with Crippen molar-refractivity contribution in [3.8, 4) is 0 Å². The maximum absolute atomic E-state index is 13.0. The molecule has 1 aromatic heterocycles. The predicted molar refractivity (Wildman–Crippen MR) is 55.2 cm³/mol. The highest BCUT2D eigenvalue weighted by Gasteiger charge is 2.43. The number of halogens is 1. The molecule has 1 aliphatic rings. The quantitative estimate of drug-likeness (QED) is 0.868. The smallest absolute Gasteiger partial charge is 0.248 e. The molecule has 1 aliphatic heterocycles. The van der Waals surface area contributed by atoms with E-state index < -0.39 is 22.5 Å². The lowest BCUT2D eigenvalue weighted by molar-refractivity contribution is -0.178. The summed E-state index contributed by atoms with van der Waals surface area (Å²) in [5.74, 6) is -1.61. The van der Waals surface area contributed by atoms with Gasteiger partial charge in [0, 0.05) is 5.56 Å². The summed E-state index contributed by atoms with van der Waals surface area (Å²) in [6, 6.07) is 1.45. The Hall–Kier alpha value is -0.540. The first-order valence-corrected chi connectivity index (χ1v) is 6.87. The molecule has 2 rings (SSSR count). The minimum atomic E-state index is -3.88. The molecule has 0 atom stereocenters. The normalized spacial score (nSPS) is 20.1. The fourth-order valence-corrected chi connectivity index (χ4v) is 3.47. The van der Waals surface area contributed by atoms with Crippen molar-refractivity contribution in [2.24, 2.45) is 5.14 Å². The van der Waals surface area contributed by atoms with Crippen LogP contribution in [0.25, 0.3) is 0 Å². The van der Waals surface area contributed by atoms with Crippen molar-refractivity contribution in [1.82, 2.24) is 0 Å². The minimum Gasteiger partial charge on any atom is -0.341 e. The number of nitrogens with two attached hydrogens (primary N) is 1. The lowest BCUT2D eigenvalue weighted by Gasteiger charge is -2.23. The van der Waals surface area contributed by atoms with Crippen LogP contribution in [0.2, 0.25) is 0 Å². The monoisotopic (exact) mass is 267 g/mol. The van der Waals surface area contributed by atoms with E-state index in [9.17, 15) is 12.8 Å². The first-order chi connectivity index (χ1) is 7.49. The maximum Gasteiger partial charge on any atom is 0.248 e. The molecule has 1 fully saturated rings. The van der Waals surface area contributed by atoms with E-state index in [1.807, 2.05) is 0 Å². The number of hydrogen-bond donors (Lipinski definition) is 1. The standard InChI is InChI=1S/C8H10FNO4S2/c9-5-8(13-2-3-14-8)6-1-4-15-7(6)16(10,11)12/h1,4H,2-3,5H2,(H2,10,11,12). The molecule has 2 N–H and O–H groups in total. The van der Waals surface area contributed by atoms with Crippen LogP contribution in [-0.4, -0.2) is 28.3 Å². The van der Waals surface area contributed by atoms with Gasteiger partial charge in [-0.2, -0.15) is 0 Å². The summed E-state index contributed by atoms with van der Waals surface area (Å²) in [6.45, 7) is -0.500. The van der Waals surface area contributed by atoms with Gasteiger partial charge in [0.1, 0.15) is 10.9 Å². The van der Waals surface area contributed by atoms with Crippen LogP contribution in [0.1, 0.15) is 5.56 Å². The molecule has 0 spiro atoms. The Morgan fingerprint density at radius 2 is 2.12 bits per heavy atom. The van der Waals surface area contributed by atoms with E-state index in [0.717, 1.165) is 11.3 Å². The molecule has 5 nitrogen and oxygen atoms in total. The van der Waals surface area contributed by atoms with Crippen LogP contribution in [-0.2, 0) is 25.3 Å². The van der Waals surface area contributed by atoms with E-state index in [-0.39, 0.29) is 23.0 Å². The van der Waals surface area contributed by atoms with E-state index in [2.05, 4.69) is 0 Å². The van der Waals surface area contributed by atoms with Crippen molar-refractivity contribution in [3.05, 3.63) is 17.0 Å². The van der Waals surface area contributed by atoms with Crippen LogP contribution in [0.3, 0.4) is 0 Å². The third-order valence-electron chi connectivity index (χ3n) is 2.23. The molecule has 0 aromatic carbocycles. The van der Waals surface area contributed by atoms with Gasteiger partial charge in [-0.05, 0) is 11.4 Å². The van der Waals surface area contributed by atoms with Crippen LogP contribution >= 0.6 is 11.3 Å². The molecule has 16 heavy (non-hydrogen) atoms. The molecule has 0 bridgehead atoms. The molecule has 0 aliphatic carbocycles. The zero-order valence-corrected chi connectivity index (χ0v) is 9.81. The van der Waals surface area contributed by atoms with Crippen molar-refractivity contribution >= 4 is 21.4 Å². The fraction of sp³-hybridized carbons (Fsp3) is 0.500. The average molecular weight is 267 g/mol. The zero-order chi connectivity index (χ0) is 11.8. The van der Waals surface area contributed by atoms with Gasteiger partial charge in [-0.3, -0.25) is 0 Å². The Morgan fingerprint density at radius 1 is 1.50 bits per heavy atom. The summed E-state index contributed by atoms with van der Waals surface area (Å²) < 4.78 is 45.8. The molecule has 0 radical (unpaired) electrons. The molecular formula is C8H10FNO4S2. The van der Waals surface area contributed by atoms with Crippen LogP contribution in [0.15, 0.2) is 15.7 Å². The summed E-state index contributed by atoms with van der Waals surface area (Å²) in [5, 5.41) is 6.54. The average Bonchev–Trinajstić information content (AvgIpc) is 2.86. The van der Waals surface area contributed by atoms with Crippen molar-refractivity contribution in [3.63, 3.8) is 0 Å². The lowest BCUT2D eigenvalue weighted by atomic mass is 10.1. The molecule has 2 heterocycles. The van der Waals surface area contributed by atoms with Gasteiger partial charge in [0.15, 0.2) is 0 Å². The molecule has 0 saturated carbocycles. The van der Waals surface area contributed by atoms with Gasteiger partial charge in [-0.25, -0.2) is 17.9 Å². The van der Waals surface area contributed by atoms with Crippen molar-refractivity contribution < 1.29 is 22.3 Å². The van der Waals surface area contributed by atoms with Gasteiger partial charge >= 0.3 is 0 Å². The molecule has 8 heteroatoms. The molecule has 90 valence electrons. The topological polar surface area (TPSA) is 78.6 Å². The summed E-state index contributed by atoms with van der Waals surface area (Å²) in [4.78, 5) is 0.